The number of fused-ring (bicyclic) bond motifs is 1. The minimum atomic E-state index is -0.0170. The number of aromatic nitrogens is 1. The van der Waals surface area contributed by atoms with Gasteiger partial charge in [0, 0.05) is 35.0 Å². The second-order valence-electron chi connectivity index (χ2n) is 9.77. The number of nitrogens with one attached hydrogen (secondary N) is 1. The van der Waals surface area contributed by atoms with Crippen LogP contribution in [0.3, 0.4) is 0 Å². The second kappa shape index (κ2) is 8.14. The summed E-state index contributed by atoms with van der Waals surface area (Å²) in [6.45, 7) is 9.08. The van der Waals surface area contributed by atoms with Crippen LogP contribution in [0, 0.1) is 18.3 Å². The third kappa shape index (κ3) is 4.43. The van der Waals surface area contributed by atoms with E-state index in [1.807, 2.05) is 24.0 Å². The first-order chi connectivity index (χ1) is 14.2. The van der Waals surface area contributed by atoms with Gasteiger partial charge in [0.2, 0.25) is 11.8 Å². The van der Waals surface area contributed by atoms with Gasteiger partial charge in [0.1, 0.15) is 0 Å². The molecule has 2 amide bonds. The topological polar surface area (TPSA) is 62.3 Å². The number of hydrogen-bond acceptors (Lipinski definition) is 4. The Kier molecular flexibility index (Phi) is 5.71. The summed E-state index contributed by atoms with van der Waals surface area (Å²) in [5.74, 6) is 0.430. The van der Waals surface area contributed by atoms with Gasteiger partial charge in [-0.05, 0) is 49.3 Å². The molecule has 1 aliphatic carbocycles. The Labute approximate surface area is 182 Å². The average Bonchev–Trinajstić information content (AvgIpc) is 3.39. The lowest BCUT2D eigenvalue weighted by atomic mass is 9.91. The van der Waals surface area contributed by atoms with E-state index in [1.54, 1.807) is 0 Å². The van der Waals surface area contributed by atoms with Crippen molar-refractivity contribution in [1.82, 2.24) is 4.98 Å². The number of anilines is 2. The van der Waals surface area contributed by atoms with Gasteiger partial charge in [0.05, 0.1) is 5.69 Å². The molecule has 1 aromatic carbocycles. The lowest BCUT2D eigenvalue weighted by molar-refractivity contribution is -0.120. The van der Waals surface area contributed by atoms with Gasteiger partial charge in [0.15, 0.2) is 5.13 Å². The quantitative estimate of drug-likeness (QED) is 0.696. The maximum atomic E-state index is 12.7. The number of carbonyl (C=O) groups is 2. The summed E-state index contributed by atoms with van der Waals surface area (Å²) in [4.78, 5) is 32.9. The van der Waals surface area contributed by atoms with E-state index in [9.17, 15) is 9.59 Å². The number of thiazole rings is 1. The Morgan fingerprint density at radius 3 is 2.67 bits per heavy atom. The number of rotatable bonds is 4. The van der Waals surface area contributed by atoms with Gasteiger partial charge in [-0.2, -0.15) is 0 Å². The molecule has 1 fully saturated rings. The predicted molar refractivity (Wildman–Crippen MR) is 123 cm³/mol. The van der Waals surface area contributed by atoms with Crippen LogP contribution in [0.5, 0.6) is 0 Å². The molecule has 0 radical (unpaired) electrons. The molecule has 30 heavy (non-hydrogen) atoms. The maximum Gasteiger partial charge on any atom is 0.229 e. The standard InChI is InChI=1S/C24H31N3O2S/c1-15-21(25-23(30-15)26-22(29)16-7-5-6-8-16)18-9-10-19-17(13-18)11-12-27(19)20(28)14-24(2,3)4/h9-10,13,16H,5-8,11-12,14H2,1-4H3,(H,25,26,29). The molecule has 0 saturated heterocycles. The van der Waals surface area contributed by atoms with Gasteiger partial charge >= 0.3 is 0 Å². The maximum absolute atomic E-state index is 12.7. The van der Waals surface area contributed by atoms with E-state index in [2.05, 4.69) is 32.2 Å². The highest BCUT2D eigenvalue weighted by Crippen LogP contribution is 2.37. The largest absolute Gasteiger partial charge is 0.312 e. The van der Waals surface area contributed by atoms with Crippen molar-refractivity contribution >= 4 is 34.0 Å². The van der Waals surface area contributed by atoms with Crippen LogP contribution in [0.2, 0.25) is 0 Å². The zero-order valence-electron chi connectivity index (χ0n) is 18.4. The number of nitrogens with zero attached hydrogens (tertiary/aromatic N) is 2. The Hall–Kier alpha value is -2.21. The zero-order valence-corrected chi connectivity index (χ0v) is 19.2. The molecule has 2 aromatic rings. The molecule has 5 nitrogen and oxygen atoms in total. The summed E-state index contributed by atoms with van der Waals surface area (Å²) in [5, 5.41) is 3.71. The molecule has 4 rings (SSSR count). The summed E-state index contributed by atoms with van der Waals surface area (Å²) < 4.78 is 0. The molecule has 2 heterocycles. The number of carbonyl (C=O) groups excluding carboxylic acids is 2. The van der Waals surface area contributed by atoms with Crippen molar-refractivity contribution in [3.05, 3.63) is 28.6 Å². The first-order valence-electron chi connectivity index (χ1n) is 10.9. The normalized spacial score (nSPS) is 16.7. The fourth-order valence-corrected chi connectivity index (χ4v) is 5.31. The third-order valence-electron chi connectivity index (χ3n) is 5.98. The highest BCUT2D eigenvalue weighted by molar-refractivity contribution is 7.16. The smallest absolute Gasteiger partial charge is 0.229 e. The van der Waals surface area contributed by atoms with E-state index in [-0.39, 0.29) is 23.1 Å². The Morgan fingerprint density at radius 2 is 1.97 bits per heavy atom. The van der Waals surface area contributed by atoms with E-state index in [1.165, 1.54) is 16.9 Å². The van der Waals surface area contributed by atoms with E-state index in [0.29, 0.717) is 11.6 Å². The van der Waals surface area contributed by atoms with Crippen LogP contribution in [-0.2, 0) is 16.0 Å². The molecule has 160 valence electrons. The molecular weight excluding hydrogens is 394 g/mol. The van der Waals surface area contributed by atoms with Crippen molar-refractivity contribution in [2.75, 3.05) is 16.8 Å². The van der Waals surface area contributed by atoms with Crippen molar-refractivity contribution < 1.29 is 9.59 Å². The summed E-state index contributed by atoms with van der Waals surface area (Å²) in [7, 11) is 0. The summed E-state index contributed by atoms with van der Waals surface area (Å²) in [6, 6.07) is 6.25. The van der Waals surface area contributed by atoms with E-state index in [0.717, 1.165) is 60.5 Å². The van der Waals surface area contributed by atoms with Crippen LogP contribution in [0.15, 0.2) is 18.2 Å². The number of benzene rings is 1. The van der Waals surface area contributed by atoms with Gasteiger partial charge in [-0.1, -0.05) is 39.7 Å². The van der Waals surface area contributed by atoms with Gasteiger partial charge < -0.3 is 10.2 Å². The van der Waals surface area contributed by atoms with Gasteiger partial charge in [0.25, 0.3) is 0 Å². The van der Waals surface area contributed by atoms with E-state index < -0.39 is 0 Å². The molecular formula is C24H31N3O2S. The molecule has 1 N–H and O–H groups in total. The summed E-state index contributed by atoms with van der Waals surface area (Å²) in [5.41, 5.74) is 4.17. The Balaban J connectivity index is 1.51. The van der Waals surface area contributed by atoms with Crippen LogP contribution < -0.4 is 10.2 Å². The Bertz CT molecular complexity index is 967. The minimum absolute atomic E-state index is 0.0170. The molecule has 1 aromatic heterocycles. The fraction of sp³-hybridized carbons (Fsp3) is 0.542. The van der Waals surface area contributed by atoms with E-state index >= 15 is 0 Å². The van der Waals surface area contributed by atoms with Crippen molar-refractivity contribution in [3.63, 3.8) is 0 Å². The highest BCUT2D eigenvalue weighted by atomic mass is 32.1. The second-order valence-corrected chi connectivity index (χ2v) is 11.0. The summed E-state index contributed by atoms with van der Waals surface area (Å²) in [6.07, 6.45) is 5.67. The molecule has 0 atom stereocenters. The van der Waals surface area contributed by atoms with Crippen molar-refractivity contribution in [2.24, 2.45) is 11.3 Å². The van der Waals surface area contributed by atoms with Gasteiger partial charge in [-0.25, -0.2) is 4.98 Å². The number of aryl methyl sites for hydroxylation is 1. The lowest BCUT2D eigenvalue weighted by Gasteiger charge is -2.23. The highest BCUT2D eigenvalue weighted by Gasteiger charge is 2.28. The monoisotopic (exact) mass is 425 g/mol. The van der Waals surface area contributed by atoms with E-state index in [4.69, 9.17) is 4.98 Å². The first kappa shape index (κ1) is 21.0. The molecule has 0 bridgehead atoms. The van der Waals surface area contributed by atoms with Crippen LogP contribution in [0.1, 0.15) is 63.3 Å². The molecule has 2 aliphatic rings. The van der Waals surface area contributed by atoms with Crippen molar-refractivity contribution in [1.29, 1.82) is 0 Å². The lowest BCUT2D eigenvalue weighted by Crippen LogP contribution is -2.31. The van der Waals surface area contributed by atoms with Crippen LogP contribution >= 0.6 is 11.3 Å². The van der Waals surface area contributed by atoms with Crippen LogP contribution in [-0.4, -0.2) is 23.3 Å². The average molecular weight is 426 g/mol. The number of hydrogen-bond donors (Lipinski definition) is 1. The molecule has 1 aliphatic heterocycles. The fourth-order valence-electron chi connectivity index (χ4n) is 4.47. The van der Waals surface area contributed by atoms with Crippen LogP contribution in [0.25, 0.3) is 11.3 Å². The van der Waals surface area contributed by atoms with Gasteiger partial charge in [-0.15, -0.1) is 11.3 Å². The zero-order chi connectivity index (χ0) is 21.5. The number of amides is 2. The Morgan fingerprint density at radius 1 is 1.23 bits per heavy atom. The molecule has 6 heteroatoms. The summed E-state index contributed by atoms with van der Waals surface area (Å²) >= 11 is 1.53. The molecule has 0 spiro atoms. The van der Waals surface area contributed by atoms with Crippen LogP contribution in [0.4, 0.5) is 10.8 Å². The molecule has 1 saturated carbocycles. The SMILES string of the molecule is Cc1sc(NC(=O)C2CCCC2)nc1-c1ccc2c(c1)CCN2C(=O)CC(C)(C)C. The van der Waals surface area contributed by atoms with Gasteiger partial charge in [-0.3, -0.25) is 9.59 Å². The third-order valence-corrected chi connectivity index (χ3v) is 6.87. The molecule has 0 unspecified atom stereocenters. The van der Waals surface area contributed by atoms with Crippen molar-refractivity contribution in [3.8, 4) is 11.3 Å². The first-order valence-corrected chi connectivity index (χ1v) is 11.7. The van der Waals surface area contributed by atoms with Crippen molar-refractivity contribution in [2.45, 2.75) is 66.2 Å². The predicted octanol–water partition coefficient (Wildman–Crippen LogP) is 5.57. The minimum Gasteiger partial charge on any atom is -0.312 e.